The van der Waals surface area contributed by atoms with Gasteiger partial charge in [-0.05, 0) is 50.1 Å². The van der Waals surface area contributed by atoms with Crippen molar-refractivity contribution >= 4 is 54.8 Å². The van der Waals surface area contributed by atoms with Crippen LogP contribution in [0.15, 0.2) is 42.5 Å². The Balaban J connectivity index is 1.52. The zero-order chi connectivity index (χ0) is 20.1. The van der Waals surface area contributed by atoms with Crippen LogP contribution in [0.5, 0.6) is 0 Å². The Hall–Kier alpha value is -3.10. The number of anilines is 1. The molecule has 5 rings (SSSR count). The Bertz CT molecular complexity index is 1360. The number of hydrogen-bond acceptors (Lipinski definition) is 6. The number of nitrogens with zero attached hydrogens (tertiary/aromatic N) is 4. The molecule has 0 atom stereocenters. The summed E-state index contributed by atoms with van der Waals surface area (Å²) in [5.41, 5.74) is 4.92. The number of benzene rings is 2. The highest BCUT2D eigenvalue weighted by Crippen LogP contribution is 2.30. The Morgan fingerprint density at radius 2 is 1.83 bits per heavy atom. The largest absolute Gasteiger partial charge is 0.304 e. The number of amides is 1. The minimum Gasteiger partial charge on any atom is -0.304 e. The molecule has 0 aliphatic carbocycles. The Morgan fingerprint density at radius 3 is 2.66 bits per heavy atom. The standard InChI is InChI=1S/C21H17N5OS2/c1-11-8-12(2)18-16(9-11)29-21(24-18)26-17(10-13(3)25-26)23-19(27)20-22-14-6-4-5-7-15(14)28-20/h4-10H,1-3H3,(H,23,27). The van der Waals surface area contributed by atoms with Gasteiger partial charge in [0.05, 0.1) is 26.1 Å². The summed E-state index contributed by atoms with van der Waals surface area (Å²) in [6.07, 6.45) is 0. The molecule has 3 aromatic heterocycles. The van der Waals surface area contributed by atoms with Crippen LogP contribution in [0.3, 0.4) is 0 Å². The first-order valence-electron chi connectivity index (χ1n) is 9.10. The van der Waals surface area contributed by atoms with Gasteiger partial charge in [-0.3, -0.25) is 4.79 Å². The van der Waals surface area contributed by atoms with Crippen molar-refractivity contribution < 1.29 is 4.79 Å². The Kier molecular flexibility index (Phi) is 4.18. The van der Waals surface area contributed by atoms with Gasteiger partial charge in [-0.15, -0.1) is 11.3 Å². The number of carbonyl (C=O) groups excluding carboxylic acids is 1. The lowest BCUT2D eigenvalue weighted by atomic mass is 10.1. The van der Waals surface area contributed by atoms with Crippen LogP contribution >= 0.6 is 22.7 Å². The van der Waals surface area contributed by atoms with E-state index in [1.807, 2.05) is 37.3 Å². The first-order chi connectivity index (χ1) is 14.0. The molecule has 3 heterocycles. The highest BCUT2D eigenvalue weighted by atomic mass is 32.1. The molecule has 1 N–H and O–H groups in total. The summed E-state index contributed by atoms with van der Waals surface area (Å²) in [4.78, 5) is 22.0. The van der Waals surface area contributed by atoms with E-state index in [0.717, 1.165) is 36.8 Å². The van der Waals surface area contributed by atoms with Crippen molar-refractivity contribution in [2.24, 2.45) is 0 Å². The number of aryl methyl sites for hydroxylation is 3. The maximum absolute atomic E-state index is 12.8. The number of hydrogen-bond donors (Lipinski definition) is 1. The maximum atomic E-state index is 12.8. The van der Waals surface area contributed by atoms with Crippen molar-refractivity contribution in [3.05, 3.63) is 64.3 Å². The average Bonchev–Trinajstić information content (AvgIpc) is 3.37. The highest BCUT2D eigenvalue weighted by Gasteiger charge is 2.18. The highest BCUT2D eigenvalue weighted by molar-refractivity contribution is 7.21. The van der Waals surface area contributed by atoms with Gasteiger partial charge in [0.15, 0.2) is 5.01 Å². The molecule has 0 radical (unpaired) electrons. The lowest BCUT2D eigenvalue weighted by Crippen LogP contribution is -2.14. The minimum atomic E-state index is -0.250. The van der Waals surface area contributed by atoms with Gasteiger partial charge in [0.25, 0.3) is 5.91 Å². The van der Waals surface area contributed by atoms with E-state index in [1.165, 1.54) is 16.9 Å². The van der Waals surface area contributed by atoms with Gasteiger partial charge in [0.2, 0.25) is 5.13 Å². The molecule has 0 aliphatic rings. The first kappa shape index (κ1) is 18.0. The van der Waals surface area contributed by atoms with E-state index in [4.69, 9.17) is 4.98 Å². The van der Waals surface area contributed by atoms with Crippen molar-refractivity contribution in [2.45, 2.75) is 20.8 Å². The number of rotatable bonds is 3. The fourth-order valence-electron chi connectivity index (χ4n) is 3.32. The Morgan fingerprint density at radius 1 is 1.00 bits per heavy atom. The zero-order valence-corrected chi connectivity index (χ0v) is 17.7. The third-order valence-corrected chi connectivity index (χ3v) is 6.57. The van der Waals surface area contributed by atoms with Crippen LogP contribution in [0.1, 0.15) is 26.6 Å². The van der Waals surface area contributed by atoms with Crippen LogP contribution < -0.4 is 5.32 Å². The van der Waals surface area contributed by atoms with Crippen molar-refractivity contribution in [1.29, 1.82) is 0 Å². The van der Waals surface area contributed by atoms with Crippen molar-refractivity contribution in [3.63, 3.8) is 0 Å². The van der Waals surface area contributed by atoms with Gasteiger partial charge in [-0.1, -0.05) is 29.5 Å². The smallest absolute Gasteiger partial charge is 0.285 e. The molecule has 0 spiro atoms. The molecule has 2 aromatic carbocycles. The summed E-state index contributed by atoms with van der Waals surface area (Å²) < 4.78 is 3.79. The second-order valence-corrected chi connectivity index (χ2v) is 8.99. The zero-order valence-electron chi connectivity index (χ0n) is 16.1. The van der Waals surface area contributed by atoms with Crippen LogP contribution in [-0.2, 0) is 0 Å². The normalized spacial score (nSPS) is 11.4. The fraction of sp³-hybridized carbons (Fsp3) is 0.143. The number of thiazole rings is 2. The van der Waals surface area contributed by atoms with E-state index in [0.29, 0.717) is 10.8 Å². The van der Waals surface area contributed by atoms with E-state index >= 15 is 0 Å². The maximum Gasteiger partial charge on any atom is 0.285 e. The second-order valence-electron chi connectivity index (χ2n) is 6.95. The summed E-state index contributed by atoms with van der Waals surface area (Å²) >= 11 is 2.93. The van der Waals surface area contributed by atoms with E-state index in [9.17, 15) is 4.79 Å². The molecule has 0 bridgehead atoms. The number of nitrogens with one attached hydrogen (secondary N) is 1. The second kappa shape index (κ2) is 6.75. The molecule has 29 heavy (non-hydrogen) atoms. The van der Waals surface area contributed by atoms with Gasteiger partial charge in [-0.2, -0.15) is 9.78 Å². The molecule has 0 fully saturated rings. The summed E-state index contributed by atoms with van der Waals surface area (Å²) in [6.45, 7) is 6.03. The van der Waals surface area contributed by atoms with Crippen LogP contribution in [-0.4, -0.2) is 25.7 Å². The summed E-state index contributed by atoms with van der Waals surface area (Å²) in [7, 11) is 0. The fourth-order valence-corrected chi connectivity index (χ4v) is 5.29. The molecule has 8 heteroatoms. The monoisotopic (exact) mass is 419 g/mol. The first-order valence-corrected chi connectivity index (χ1v) is 10.7. The van der Waals surface area contributed by atoms with Gasteiger partial charge >= 0.3 is 0 Å². The molecule has 0 unspecified atom stereocenters. The third kappa shape index (κ3) is 3.20. The minimum absolute atomic E-state index is 0.250. The predicted octanol–water partition coefficient (Wildman–Crippen LogP) is 5.27. The molecule has 0 aliphatic heterocycles. The number of para-hydroxylation sites is 1. The van der Waals surface area contributed by atoms with Crippen molar-refractivity contribution in [1.82, 2.24) is 19.7 Å². The summed E-state index contributed by atoms with van der Waals surface area (Å²) in [5.74, 6) is 0.334. The van der Waals surface area contributed by atoms with Crippen LogP contribution in [0.2, 0.25) is 0 Å². The van der Waals surface area contributed by atoms with Gasteiger partial charge in [-0.25, -0.2) is 9.97 Å². The predicted molar refractivity (Wildman–Crippen MR) is 119 cm³/mol. The summed E-state index contributed by atoms with van der Waals surface area (Å²) in [5, 5.41) is 8.65. The van der Waals surface area contributed by atoms with Crippen molar-refractivity contribution in [2.75, 3.05) is 5.32 Å². The van der Waals surface area contributed by atoms with Gasteiger partial charge in [0.1, 0.15) is 5.82 Å². The quantitative estimate of drug-likeness (QED) is 0.432. The van der Waals surface area contributed by atoms with E-state index in [1.54, 1.807) is 16.0 Å². The number of carbonyl (C=O) groups is 1. The SMILES string of the molecule is Cc1cc(C)c2nc(-n3nc(C)cc3NC(=O)c3nc4ccccc4s3)sc2c1. The lowest BCUT2D eigenvalue weighted by molar-refractivity contribution is 0.102. The molecule has 0 saturated carbocycles. The van der Waals surface area contributed by atoms with Gasteiger partial charge < -0.3 is 5.32 Å². The van der Waals surface area contributed by atoms with Gasteiger partial charge in [0, 0.05) is 6.07 Å². The van der Waals surface area contributed by atoms with Crippen LogP contribution in [0, 0.1) is 20.8 Å². The van der Waals surface area contributed by atoms with Crippen molar-refractivity contribution in [3.8, 4) is 5.13 Å². The van der Waals surface area contributed by atoms with Crippen LogP contribution in [0.4, 0.5) is 5.82 Å². The molecule has 1 amide bonds. The average molecular weight is 420 g/mol. The third-order valence-electron chi connectivity index (χ3n) is 4.56. The van der Waals surface area contributed by atoms with E-state index in [2.05, 4.69) is 41.4 Å². The molecular weight excluding hydrogens is 402 g/mol. The van der Waals surface area contributed by atoms with E-state index < -0.39 is 0 Å². The Labute approximate surface area is 174 Å². The van der Waals surface area contributed by atoms with Crippen LogP contribution in [0.25, 0.3) is 25.6 Å². The number of fused-ring (bicyclic) bond motifs is 2. The molecule has 0 saturated heterocycles. The number of aromatic nitrogens is 4. The molecule has 6 nitrogen and oxygen atoms in total. The molecular formula is C21H17N5OS2. The summed E-state index contributed by atoms with van der Waals surface area (Å²) in [6, 6.07) is 13.8. The van der Waals surface area contributed by atoms with E-state index in [-0.39, 0.29) is 5.91 Å². The molecule has 5 aromatic rings. The lowest BCUT2D eigenvalue weighted by Gasteiger charge is -2.04. The molecule has 144 valence electrons. The topological polar surface area (TPSA) is 72.7 Å².